The van der Waals surface area contributed by atoms with Gasteiger partial charge < -0.3 is 5.32 Å². The third-order valence-electron chi connectivity index (χ3n) is 5.03. The van der Waals surface area contributed by atoms with Gasteiger partial charge in [0, 0.05) is 11.1 Å². The molecule has 0 spiro atoms. The number of hydrogen-bond acceptors (Lipinski definition) is 5. The maximum absolute atomic E-state index is 13.0. The number of rotatable bonds is 5. The smallest absolute Gasteiger partial charge is 0.263 e. The molecule has 32 heavy (non-hydrogen) atoms. The predicted molar refractivity (Wildman–Crippen MR) is 129 cm³/mol. The summed E-state index contributed by atoms with van der Waals surface area (Å²) in [7, 11) is 1.79. The van der Waals surface area contributed by atoms with Crippen LogP contribution in [0.1, 0.15) is 0 Å². The lowest BCUT2D eigenvalue weighted by Gasteiger charge is -2.15. The Labute approximate surface area is 186 Å². The Bertz CT molecular complexity index is 1550. The average Bonchev–Trinajstić information content (AvgIpc) is 2.80. The van der Waals surface area contributed by atoms with Crippen molar-refractivity contribution >= 4 is 62.5 Å². The number of nitrogens with one attached hydrogen (secondary N) is 2. The number of hydrogen-bond donors (Lipinski definition) is 2. The lowest BCUT2D eigenvalue weighted by Crippen LogP contribution is -2.16. The molecule has 8 heteroatoms. The van der Waals surface area contributed by atoms with Gasteiger partial charge in [-0.3, -0.25) is 4.72 Å². The van der Waals surface area contributed by atoms with Gasteiger partial charge in [0.1, 0.15) is 7.85 Å². The van der Waals surface area contributed by atoms with Crippen LogP contribution in [-0.2, 0) is 10.0 Å². The number of fused-ring (bicyclic) bond motifs is 2. The molecule has 0 saturated heterocycles. The lowest BCUT2D eigenvalue weighted by atomic mass is 9.97. The third-order valence-corrected chi connectivity index (χ3v) is 6.39. The van der Waals surface area contributed by atoms with Gasteiger partial charge in [-0.2, -0.15) is 0 Å². The second-order valence-corrected chi connectivity index (χ2v) is 8.92. The largest absolute Gasteiger partial charge is 0.337 e. The lowest BCUT2D eigenvalue weighted by molar-refractivity contribution is 0.601. The van der Waals surface area contributed by atoms with E-state index in [-0.39, 0.29) is 10.7 Å². The second-order valence-electron chi connectivity index (χ2n) is 7.24. The van der Waals surface area contributed by atoms with E-state index in [1.54, 1.807) is 6.07 Å². The zero-order valence-corrected chi connectivity index (χ0v) is 17.7. The molecule has 0 amide bonds. The molecule has 2 N–H and O–H groups in total. The molecule has 0 bridgehead atoms. The number of para-hydroxylation sites is 2. The van der Waals surface area contributed by atoms with E-state index in [4.69, 9.17) is 7.85 Å². The molecule has 1 heterocycles. The summed E-state index contributed by atoms with van der Waals surface area (Å²) in [6.45, 7) is 0. The first-order valence-electron chi connectivity index (χ1n) is 9.89. The monoisotopic (exact) mass is 436 g/mol. The van der Waals surface area contributed by atoms with Crippen molar-refractivity contribution in [3.63, 3.8) is 0 Å². The van der Waals surface area contributed by atoms with Gasteiger partial charge in [-0.1, -0.05) is 66.1 Å². The van der Waals surface area contributed by atoms with E-state index in [0.29, 0.717) is 22.3 Å². The number of aromatic nitrogens is 2. The first kappa shape index (κ1) is 20.0. The van der Waals surface area contributed by atoms with E-state index >= 15 is 0 Å². The molecular formula is C24H17BN4O2S. The van der Waals surface area contributed by atoms with E-state index in [1.807, 2.05) is 60.7 Å². The van der Waals surface area contributed by atoms with E-state index in [1.165, 1.54) is 24.3 Å². The number of benzene rings is 4. The van der Waals surface area contributed by atoms with Crippen LogP contribution < -0.4 is 15.5 Å². The quantitative estimate of drug-likeness (QED) is 0.405. The van der Waals surface area contributed by atoms with Crippen molar-refractivity contribution in [1.29, 1.82) is 0 Å². The van der Waals surface area contributed by atoms with Gasteiger partial charge in [0.05, 0.1) is 15.9 Å². The first-order chi connectivity index (χ1) is 15.5. The zero-order valence-electron chi connectivity index (χ0n) is 16.9. The summed E-state index contributed by atoms with van der Waals surface area (Å²) in [6, 6.07) is 27.0. The van der Waals surface area contributed by atoms with Gasteiger partial charge in [-0.15, -0.1) is 0 Å². The zero-order chi connectivity index (χ0) is 22.1. The molecule has 0 aliphatic carbocycles. The summed E-state index contributed by atoms with van der Waals surface area (Å²) in [5, 5.41) is 5.31. The second kappa shape index (κ2) is 7.98. The number of nitrogens with zero attached hydrogens (tertiary/aromatic N) is 2. The maximum atomic E-state index is 13.0. The summed E-state index contributed by atoms with van der Waals surface area (Å²) in [4.78, 5) is 9.27. The van der Waals surface area contributed by atoms with Crippen LogP contribution >= 0.6 is 0 Å². The van der Waals surface area contributed by atoms with Gasteiger partial charge in [-0.25, -0.2) is 18.4 Å². The number of sulfonamides is 1. The van der Waals surface area contributed by atoms with Crippen molar-refractivity contribution in [3.05, 3.63) is 91.0 Å². The fourth-order valence-corrected chi connectivity index (χ4v) is 4.46. The van der Waals surface area contributed by atoms with Crippen LogP contribution in [0.5, 0.6) is 0 Å². The standard InChI is InChI=1S/C24H17BN4O2S/c25-17-12-14-18(15-13-17)32(30,31)29-24-23(27-21-9-3-4-10-22(21)28-24)26-20-11-5-7-16-6-1-2-8-19(16)20/h1-15H,(H,26,27)(H,28,29). The topological polar surface area (TPSA) is 84.0 Å². The molecule has 154 valence electrons. The van der Waals surface area contributed by atoms with E-state index < -0.39 is 10.0 Å². The molecule has 2 radical (unpaired) electrons. The molecule has 1 aromatic heterocycles. The van der Waals surface area contributed by atoms with Crippen LogP contribution in [-0.4, -0.2) is 26.2 Å². The molecule has 6 nitrogen and oxygen atoms in total. The summed E-state index contributed by atoms with van der Waals surface area (Å²) >= 11 is 0. The highest BCUT2D eigenvalue weighted by Gasteiger charge is 2.19. The Morgan fingerprint density at radius 1 is 0.688 bits per heavy atom. The van der Waals surface area contributed by atoms with Gasteiger partial charge in [0.25, 0.3) is 10.0 Å². The van der Waals surface area contributed by atoms with Crippen molar-refractivity contribution in [2.24, 2.45) is 0 Å². The highest BCUT2D eigenvalue weighted by molar-refractivity contribution is 7.92. The Kier molecular flexibility index (Phi) is 4.99. The van der Waals surface area contributed by atoms with Crippen molar-refractivity contribution in [2.75, 3.05) is 10.0 Å². The van der Waals surface area contributed by atoms with Crippen LogP contribution in [0.15, 0.2) is 95.9 Å². The van der Waals surface area contributed by atoms with Gasteiger partial charge >= 0.3 is 0 Å². The fourth-order valence-electron chi connectivity index (χ4n) is 3.45. The Morgan fingerprint density at radius 3 is 2.06 bits per heavy atom. The maximum Gasteiger partial charge on any atom is 0.263 e. The van der Waals surface area contributed by atoms with E-state index in [9.17, 15) is 8.42 Å². The van der Waals surface area contributed by atoms with E-state index in [2.05, 4.69) is 20.0 Å². The van der Waals surface area contributed by atoms with Crippen molar-refractivity contribution in [2.45, 2.75) is 4.90 Å². The van der Waals surface area contributed by atoms with Crippen LogP contribution in [0.25, 0.3) is 21.8 Å². The third kappa shape index (κ3) is 3.88. The summed E-state index contributed by atoms with van der Waals surface area (Å²) in [5.41, 5.74) is 2.49. The Balaban J connectivity index is 1.61. The molecule has 5 rings (SSSR count). The van der Waals surface area contributed by atoms with Gasteiger partial charge in [-0.05, 0) is 35.7 Å². The molecular weight excluding hydrogens is 419 g/mol. The van der Waals surface area contributed by atoms with Crippen LogP contribution in [0.3, 0.4) is 0 Å². The summed E-state index contributed by atoms with van der Waals surface area (Å²) in [5.74, 6) is 0.410. The minimum absolute atomic E-state index is 0.0813. The molecule has 0 aliphatic rings. The van der Waals surface area contributed by atoms with E-state index in [0.717, 1.165) is 16.5 Å². The van der Waals surface area contributed by atoms with Gasteiger partial charge in [0.2, 0.25) is 0 Å². The molecule has 5 aromatic rings. The Hall–Kier alpha value is -3.91. The normalized spacial score (nSPS) is 11.5. The molecule has 0 unspecified atom stereocenters. The molecule has 0 atom stereocenters. The molecule has 0 saturated carbocycles. The van der Waals surface area contributed by atoms with Crippen LogP contribution in [0, 0.1) is 0 Å². The molecule has 0 aliphatic heterocycles. The highest BCUT2D eigenvalue weighted by Crippen LogP contribution is 2.30. The summed E-state index contributed by atoms with van der Waals surface area (Å²) in [6.07, 6.45) is 0. The number of anilines is 3. The average molecular weight is 436 g/mol. The summed E-state index contributed by atoms with van der Waals surface area (Å²) < 4.78 is 28.6. The van der Waals surface area contributed by atoms with Crippen molar-refractivity contribution in [1.82, 2.24) is 9.97 Å². The molecule has 0 fully saturated rings. The minimum atomic E-state index is -3.90. The van der Waals surface area contributed by atoms with Gasteiger partial charge in [0.15, 0.2) is 11.6 Å². The van der Waals surface area contributed by atoms with Crippen molar-refractivity contribution in [3.8, 4) is 0 Å². The van der Waals surface area contributed by atoms with Crippen molar-refractivity contribution < 1.29 is 8.42 Å². The molecule has 4 aromatic carbocycles. The van der Waals surface area contributed by atoms with Crippen LogP contribution in [0.2, 0.25) is 0 Å². The highest BCUT2D eigenvalue weighted by atomic mass is 32.2. The predicted octanol–water partition coefficient (Wildman–Crippen LogP) is 4.12. The SMILES string of the molecule is [B]c1ccc(S(=O)(=O)Nc2nc3ccccc3nc2Nc2cccc3ccccc23)cc1. The Morgan fingerprint density at radius 2 is 1.31 bits per heavy atom. The minimum Gasteiger partial charge on any atom is -0.337 e. The van der Waals surface area contributed by atoms with Crippen LogP contribution in [0.4, 0.5) is 17.3 Å². The fraction of sp³-hybridized carbons (Fsp3) is 0. The first-order valence-corrected chi connectivity index (χ1v) is 11.4.